The van der Waals surface area contributed by atoms with Crippen LogP contribution in [-0.2, 0) is 0 Å². The predicted molar refractivity (Wildman–Crippen MR) is 106 cm³/mol. The van der Waals surface area contributed by atoms with Crippen LogP contribution < -0.4 is 11.5 Å². The Hall–Kier alpha value is -2.80. The quantitative estimate of drug-likeness (QED) is 0.408. The molecule has 0 aliphatic rings. The van der Waals surface area contributed by atoms with E-state index in [9.17, 15) is 4.79 Å². The zero-order valence-corrected chi connectivity index (χ0v) is 15.8. The van der Waals surface area contributed by atoms with Crippen molar-refractivity contribution in [1.29, 1.82) is 0 Å². The fourth-order valence-electron chi connectivity index (χ4n) is 2.94. The first-order chi connectivity index (χ1) is 12.3. The Kier molecular flexibility index (Phi) is 4.99. The van der Waals surface area contributed by atoms with Gasteiger partial charge in [-0.05, 0) is 44.5 Å². The number of nitrogen functional groups attached to an aromatic ring is 2. The van der Waals surface area contributed by atoms with E-state index < -0.39 is 0 Å². The molecule has 0 atom stereocenters. The van der Waals surface area contributed by atoms with Crippen molar-refractivity contribution < 1.29 is 4.79 Å². The molecule has 0 spiro atoms. The number of aryl methyl sites for hydroxylation is 2. The number of thioether (sulfide) groups is 1. The molecule has 134 valence electrons. The van der Waals surface area contributed by atoms with Gasteiger partial charge in [-0.25, -0.2) is 9.97 Å². The molecule has 3 rings (SSSR count). The van der Waals surface area contributed by atoms with Crippen LogP contribution in [0.25, 0.3) is 5.69 Å². The van der Waals surface area contributed by atoms with Crippen LogP contribution in [0, 0.1) is 20.8 Å². The van der Waals surface area contributed by atoms with Gasteiger partial charge in [0.25, 0.3) is 0 Å². The average molecular weight is 367 g/mol. The molecule has 6 nitrogen and oxygen atoms in total. The lowest BCUT2D eigenvalue weighted by Crippen LogP contribution is -2.07. The van der Waals surface area contributed by atoms with Crippen molar-refractivity contribution in [3.05, 3.63) is 58.9 Å². The maximum Gasteiger partial charge on any atom is 0.191 e. The number of nitrogens with zero attached hydrogens (tertiary/aromatic N) is 3. The summed E-state index contributed by atoms with van der Waals surface area (Å²) in [6.45, 7) is 6.01. The zero-order chi connectivity index (χ0) is 18.8. The Morgan fingerprint density at radius 2 is 1.77 bits per heavy atom. The van der Waals surface area contributed by atoms with Crippen LogP contribution >= 0.6 is 11.8 Å². The van der Waals surface area contributed by atoms with Gasteiger partial charge < -0.3 is 16.0 Å². The number of carbonyl (C=O) groups is 1. The number of nitrogens with two attached hydrogens (primary N) is 2. The standard InChI is InChI=1S/C19H21N5OS/c1-11-5-4-6-14(7-11)24-12(2)8-15(13(24)3)16(25)10-26-19-22-17(20)9-18(21)23-19/h4-9H,10H2,1-3H3,(H4,20,21,22,23). The minimum Gasteiger partial charge on any atom is -0.383 e. The number of hydrogen-bond acceptors (Lipinski definition) is 6. The Labute approximate surface area is 156 Å². The maximum atomic E-state index is 12.7. The Balaban J connectivity index is 1.83. The Morgan fingerprint density at radius 1 is 1.08 bits per heavy atom. The first kappa shape index (κ1) is 18.0. The summed E-state index contributed by atoms with van der Waals surface area (Å²) < 4.78 is 2.10. The molecule has 1 aromatic carbocycles. The fourth-order valence-corrected chi connectivity index (χ4v) is 3.70. The number of Topliss-reactive ketones (excluding diaryl/α,β-unsaturated/α-hetero) is 1. The molecule has 0 aliphatic carbocycles. The van der Waals surface area contributed by atoms with Crippen molar-refractivity contribution in [3.63, 3.8) is 0 Å². The van der Waals surface area contributed by atoms with Crippen LogP contribution in [0.15, 0.2) is 41.6 Å². The zero-order valence-electron chi connectivity index (χ0n) is 15.0. The summed E-state index contributed by atoms with van der Waals surface area (Å²) in [7, 11) is 0. The van der Waals surface area contributed by atoms with Gasteiger partial charge in [0.1, 0.15) is 11.6 Å². The van der Waals surface area contributed by atoms with Crippen molar-refractivity contribution in [2.45, 2.75) is 25.9 Å². The molecule has 0 saturated heterocycles. The SMILES string of the molecule is Cc1cccc(-n2c(C)cc(C(=O)CSc3nc(N)cc(N)n3)c2C)c1. The molecule has 0 bridgehead atoms. The monoisotopic (exact) mass is 367 g/mol. The van der Waals surface area contributed by atoms with Crippen LogP contribution in [0.2, 0.25) is 0 Å². The number of hydrogen-bond donors (Lipinski definition) is 2. The summed E-state index contributed by atoms with van der Waals surface area (Å²) in [6.07, 6.45) is 0. The first-order valence-electron chi connectivity index (χ1n) is 8.17. The molecule has 0 aliphatic heterocycles. The van der Waals surface area contributed by atoms with E-state index in [4.69, 9.17) is 11.5 Å². The van der Waals surface area contributed by atoms with Gasteiger partial charge in [0.15, 0.2) is 10.9 Å². The third-order valence-electron chi connectivity index (χ3n) is 4.07. The summed E-state index contributed by atoms with van der Waals surface area (Å²) in [5, 5.41) is 0.406. The molecule has 26 heavy (non-hydrogen) atoms. The summed E-state index contributed by atoms with van der Waals surface area (Å²) >= 11 is 1.23. The number of anilines is 2. The normalized spacial score (nSPS) is 10.9. The highest BCUT2D eigenvalue weighted by Crippen LogP contribution is 2.24. The lowest BCUT2D eigenvalue weighted by atomic mass is 10.2. The van der Waals surface area contributed by atoms with E-state index >= 15 is 0 Å². The molecule has 0 unspecified atom stereocenters. The molecule has 2 aromatic heterocycles. The third kappa shape index (κ3) is 3.72. The molecule has 0 saturated carbocycles. The van der Waals surface area contributed by atoms with Gasteiger partial charge in [0, 0.05) is 28.7 Å². The van der Waals surface area contributed by atoms with Gasteiger partial charge in [0.2, 0.25) is 0 Å². The van der Waals surface area contributed by atoms with Crippen LogP contribution in [0.5, 0.6) is 0 Å². The molecule has 0 amide bonds. The molecular formula is C19H21N5OS. The van der Waals surface area contributed by atoms with Crippen molar-refractivity contribution in [2.75, 3.05) is 17.2 Å². The molecule has 7 heteroatoms. The summed E-state index contributed by atoms with van der Waals surface area (Å²) in [4.78, 5) is 20.9. The molecule has 2 heterocycles. The highest BCUT2D eigenvalue weighted by atomic mass is 32.2. The fraction of sp³-hybridized carbons (Fsp3) is 0.211. The first-order valence-corrected chi connectivity index (χ1v) is 9.15. The van der Waals surface area contributed by atoms with E-state index in [1.165, 1.54) is 23.4 Å². The van der Waals surface area contributed by atoms with Gasteiger partial charge >= 0.3 is 0 Å². The van der Waals surface area contributed by atoms with Crippen molar-refractivity contribution in [2.24, 2.45) is 0 Å². The minimum absolute atomic E-state index is 0.0200. The predicted octanol–water partition coefficient (Wildman–Crippen LogP) is 3.33. The van der Waals surface area contributed by atoms with E-state index in [0.29, 0.717) is 22.4 Å². The van der Waals surface area contributed by atoms with Gasteiger partial charge in [0.05, 0.1) is 5.75 Å². The molecule has 0 radical (unpaired) electrons. The van der Waals surface area contributed by atoms with Crippen LogP contribution in [0.4, 0.5) is 11.6 Å². The number of aromatic nitrogens is 3. The number of carbonyl (C=O) groups excluding carboxylic acids is 1. The third-order valence-corrected chi connectivity index (χ3v) is 4.92. The van der Waals surface area contributed by atoms with Crippen molar-refractivity contribution in [1.82, 2.24) is 14.5 Å². The largest absolute Gasteiger partial charge is 0.383 e. The van der Waals surface area contributed by atoms with E-state index in [1.54, 1.807) is 0 Å². The lowest BCUT2D eigenvalue weighted by molar-refractivity contribution is 0.102. The van der Waals surface area contributed by atoms with E-state index in [0.717, 1.165) is 17.1 Å². The van der Waals surface area contributed by atoms with Gasteiger partial charge in [-0.3, -0.25) is 4.79 Å². The molecule has 3 aromatic rings. The van der Waals surface area contributed by atoms with E-state index in [2.05, 4.69) is 33.6 Å². The summed E-state index contributed by atoms with van der Waals surface area (Å²) in [6, 6.07) is 11.6. The second kappa shape index (κ2) is 7.21. The van der Waals surface area contributed by atoms with Crippen LogP contribution in [-0.4, -0.2) is 26.1 Å². The number of benzene rings is 1. The maximum absolute atomic E-state index is 12.7. The molecule has 4 N–H and O–H groups in total. The Morgan fingerprint density at radius 3 is 2.42 bits per heavy atom. The van der Waals surface area contributed by atoms with Gasteiger partial charge in [-0.1, -0.05) is 23.9 Å². The smallest absolute Gasteiger partial charge is 0.191 e. The summed E-state index contributed by atoms with van der Waals surface area (Å²) in [5.74, 6) is 0.836. The topological polar surface area (TPSA) is 99.8 Å². The minimum atomic E-state index is 0.0200. The summed E-state index contributed by atoms with van der Waals surface area (Å²) in [5.41, 5.74) is 16.2. The van der Waals surface area contributed by atoms with Gasteiger partial charge in [-0.15, -0.1) is 0 Å². The van der Waals surface area contributed by atoms with Crippen molar-refractivity contribution in [3.8, 4) is 5.69 Å². The number of rotatable bonds is 5. The second-order valence-electron chi connectivity index (χ2n) is 6.17. The number of ketones is 1. The highest BCUT2D eigenvalue weighted by Gasteiger charge is 2.17. The van der Waals surface area contributed by atoms with E-state index in [-0.39, 0.29) is 11.5 Å². The molecular weight excluding hydrogens is 346 g/mol. The highest BCUT2D eigenvalue weighted by molar-refractivity contribution is 7.99. The van der Waals surface area contributed by atoms with Gasteiger partial charge in [-0.2, -0.15) is 0 Å². The lowest BCUT2D eigenvalue weighted by Gasteiger charge is -2.10. The van der Waals surface area contributed by atoms with Crippen LogP contribution in [0.1, 0.15) is 27.3 Å². The second-order valence-corrected chi connectivity index (χ2v) is 7.11. The molecule has 0 fully saturated rings. The Bertz CT molecular complexity index is 960. The van der Waals surface area contributed by atoms with Crippen molar-refractivity contribution >= 4 is 29.2 Å². The van der Waals surface area contributed by atoms with Crippen LogP contribution in [0.3, 0.4) is 0 Å². The average Bonchev–Trinajstić information content (AvgIpc) is 2.86. The van der Waals surface area contributed by atoms with E-state index in [1.807, 2.05) is 32.0 Å².